The van der Waals surface area contributed by atoms with Crippen LogP contribution in [0.15, 0.2) is 30.5 Å². The van der Waals surface area contributed by atoms with Crippen molar-refractivity contribution in [3.63, 3.8) is 0 Å². The molecule has 1 unspecified atom stereocenters. The highest BCUT2D eigenvalue weighted by Gasteiger charge is 2.47. The Morgan fingerprint density at radius 1 is 1.18 bits per heavy atom. The number of aromatic nitrogens is 2. The number of anilines is 3. The second-order valence-corrected chi connectivity index (χ2v) is 11.1. The van der Waals surface area contributed by atoms with Crippen LogP contribution in [0.3, 0.4) is 0 Å². The predicted molar refractivity (Wildman–Crippen MR) is 147 cm³/mol. The molecule has 1 aromatic carbocycles. The summed E-state index contributed by atoms with van der Waals surface area (Å²) in [5.41, 5.74) is 9.14. The molecule has 1 saturated heterocycles. The normalized spacial score (nSPS) is 28.5. The predicted octanol–water partition coefficient (Wildman–Crippen LogP) is 3.55. The lowest BCUT2D eigenvalue weighted by atomic mass is 9.88. The number of aryl methyl sites for hydroxylation is 1. The zero-order valence-electron chi connectivity index (χ0n) is 21.7. The number of nitrogens with zero attached hydrogens (tertiary/aromatic N) is 3. The molecule has 5 atom stereocenters. The number of amides is 1. The summed E-state index contributed by atoms with van der Waals surface area (Å²) in [7, 11) is 1.72. The summed E-state index contributed by atoms with van der Waals surface area (Å²) >= 11 is 6.47. The van der Waals surface area contributed by atoms with Gasteiger partial charge in [-0.15, -0.1) is 0 Å². The van der Waals surface area contributed by atoms with E-state index in [-0.39, 0.29) is 29.7 Å². The molecule has 2 fully saturated rings. The van der Waals surface area contributed by atoms with Gasteiger partial charge in [0, 0.05) is 25.2 Å². The van der Waals surface area contributed by atoms with Crippen LogP contribution in [0, 0.1) is 17.8 Å². The molecule has 1 saturated carbocycles. The topological polar surface area (TPSA) is 115 Å². The minimum Gasteiger partial charge on any atom is -0.494 e. The van der Waals surface area contributed by atoms with Crippen molar-refractivity contribution in [2.75, 3.05) is 44.0 Å². The van der Waals surface area contributed by atoms with Gasteiger partial charge in [-0.3, -0.25) is 9.69 Å². The molecule has 9 nitrogen and oxygen atoms in total. The van der Waals surface area contributed by atoms with Crippen LogP contribution in [0.2, 0.25) is 5.02 Å². The maximum atomic E-state index is 12.2. The Hall–Kier alpha value is -2.88. The van der Waals surface area contributed by atoms with E-state index >= 15 is 0 Å². The second kappa shape index (κ2) is 10.7. The Morgan fingerprint density at radius 2 is 1.97 bits per heavy atom. The van der Waals surface area contributed by atoms with E-state index in [9.17, 15) is 4.79 Å². The van der Waals surface area contributed by atoms with E-state index in [4.69, 9.17) is 26.8 Å². The number of fused-ring (bicyclic) bond motifs is 3. The van der Waals surface area contributed by atoms with Crippen LogP contribution in [-0.4, -0.2) is 66.3 Å². The van der Waals surface area contributed by atoms with Crippen molar-refractivity contribution in [1.29, 1.82) is 0 Å². The highest BCUT2D eigenvalue weighted by Crippen LogP contribution is 2.45. The molecule has 0 radical (unpaired) electrons. The number of allylic oxidation sites excluding steroid dienone is 1. The van der Waals surface area contributed by atoms with E-state index in [1.165, 1.54) is 11.1 Å². The maximum absolute atomic E-state index is 12.2. The Labute approximate surface area is 228 Å². The monoisotopic (exact) mass is 538 g/mol. The molecule has 4 aliphatic rings. The van der Waals surface area contributed by atoms with Gasteiger partial charge < -0.3 is 25.8 Å². The molecule has 2 bridgehead atoms. The van der Waals surface area contributed by atoms with Crippen molar-refractivity contribution in [3.8, 4) is 5.75 Å². The van der Waals surface area contributed by atoms with Gasteiger partial charge in [0.1, 0.15) is 10.8 Å². The molecule has 38 heavy (non-hydrogen) atoms. The van der Waals surface area contributed by atoms with Crippen molar-refractivity contribution in [1.82, 2.24) is 14.9 Å². The van der Waals surface area contributed by atoms with E-state index < -0.39 is 0 Å². The number of methoxy groups -OCH3 is 1. The molecular formula is C28H35ClN6O3. The fourth-order valence-electron chi connectivity index (χ4n) is 6.81. The lowest BCUT2D eigenvalue weighted by molar-refractivity contribution is -0.122. The summed E-state index contributed by atoms with van der Waals surface area (Å²) < 4.78 is 11.5. The van der Waals surface area contributed by atoms with E-state index in [0.29, 0.717) is 22.8 Å². The minimum atomic E-state index is -0.298. The van der Waals surface area contributed by atoms with Gasteiger partial charge in [-0.25, -0.2) is 4.98 Å². The number of benzene rings is 1. The van der Waals surface area contributed by atoms with Crippen LogP contribution in [0.4, 0.5) is 17.5 Å². The first kappa shape index (κ1) is 25.4. The molecule has 1 aliphatic heterocycles. The van der Waals surface area contributed by atoms with Crippen molar-refractivity contribution in [2.24, 2.45) is 23.5 Å². The fraction of sp³-hybridized carbons (Fsp3) is 0.536. The third kappa shape index (κ3) is 4.83. The Kier molecular flexibility index (Phi) is 7.16. The summed E-state index contributed by atoms with van der Waals surface area (Å²) in [4.78, 5) is 23.8. The molecule has 2 heterocycles. The van der Waals surface area contributed by atoms with Gasteiger partial charge in [-0.1, -0.05) is 29.8 Å². The Bertz CT molecular complexity index is 1230. The molecule has 0 spiro atoms. The smallest absolute Gasteiger partial charge is 0.229 e. The zero-order chi connectivity index (χ0) is 26.2. The van der Waals surface area contributed by atoms with Gasteiger partial charge >= 0.3 is 0 Å². The third-order valence-electron chi connectivity index (χ3n) is 8.68. The van der Waals surface area contributed by atoms with Gasteiger partial charge in [0.25, 0.3) is 0 Å². The fourth-order valence-corrected chi connectivity index (χ4v) is 6.95. The number of hydrogen-bond acceptors (Lipinski definition) is 8. The summed E-state index contributed by atoms with van der Waals surface area (Å²) in [5.74, 6) is 1.55. The zero-order valence-corrected chi connectivity index (χ0v) is 22.4. The second-order valence-electron chi connectivity index (χ2n) is 10.7. The first-order chi connectivity index (χ1) is 18.5. The average Bonchev–Trinajstić information content (AvgIpc) is 3.46. The van der Waals surface area contributed by atoms with Gasteiger partial charge in [0.2, 0.25) is 11.9 Å². The minimum absolute atomic E-state index is 0.135. The van der Waals surface area contributed by atoms with Crippen molar-refractivity contribution in [3.05, 3.63) is 46.6 Å². The number of halogens is 1. The lowest BCUT2D eigenvalue weighted by Crippen LogP contribution is -2.43. The van der Waals surface area contributed by atoms with Crippen LogP contribution in [0.5, 0.6) is 5.75 Å². The average molecular weight is 539 g/mol. The van der Waals surface area contributed by atoms with Crippen LogP contribution < -0.4 is 21.1 Å². The van der Waals surface area contributed by atoms with Crippen LogP contribution >= 0.6 is 11.6 Å². The van der Waals surface area contributed by atoms with Gasteiger partial charge in [-0.05, 0) is 61.1 Å². The summed E-state index contributed by atoms with van der Waals surface area (Å²) in [5, 5.41) is 7.15. The number of carbonyl (C=O) groups is 1. The van der Waals surface area contributed by atoms with Crippen molar-refractivity contribution < 1.29 is 14.3 Å². The number of nitrogens with two attached hydrogens (primary N) is 1. The number of rotatable bonds is 7. The Balaban J connectivity index is 1.21. The number of primary amides is 1. The van der Waals surface area contributed by atoms with Gasteiger partial charge in [0.05, 0.1) is 38.1 Å². The van der Waals surface area contributed by atoms with E-state index in [1.54, 1.807) is 13.3 Å². The quantitative estimate of drug-likeness (QED) is 0.362. The molecule has 202 valence electrons. The molecule has 2 aromatic rings. The highest BCUT2D eigenvalue weighted by molar-refractivity contribution is 6.32. The SMILES string of the molecule is COc1c(Nc2ncc(Cl)c(NC3[C@@H](C(N)=O)[C@@H]4C=C[C@H]3C4)n2)ccc2c1CC[C@@H](N1CCOCC1)CC2. The molecule has 3 aliphatic carbocycles. The molecule has 1 amide bonds. The van der Waals surface area contributed by atoms with E-state index in [0.717, 1.165) is 69.8 Å². The van der Waals surface area contributed by atoms with Crippen molar-refractivity contribution in [2.45, 2.75) is 44.2 Å². The summed E-state index contributed by atoms with van der Waals surface area (Å²) in [6, 6.07) is 4.66. The van der Waals surface area contributed by atoms with Crippen LogP contribution in [0.25, 0.3) is 0 Å². The number of morpholine rings is 1. The molecule has 4 N–H and O–H groups in total. The van der Waals surface area contributed by atoms with Gasteiger partial charge in [-0.2, -0.15) is 4.98 Å². The first-order valence-electron chi connectivity index (χ1n) is 13.6. The first-order valence-corrected chi connectivity index (χ1v) is 13.9. The summed E-state index contributed by atoms with van der Waals surface area (Å²) in [6.45, 7) is 3.66. The number of ether oxygens (including phenoxy) is 2. The standard InChI is InChI=1S/C28H35ClN6O3/c1-37-25-20-8-7-19(35-10-12-38-13-11-35)6-4-16(20)5-9-22(25)32-28-31-15-21(29)27(34-28)33-24-18-3-2-17(14-18)23(24)26(30)36/h2-3,5,9,15,17-19,23-24H,4,6-8,10-14H2,1H3,(H2,30,36)(H2,31,32,33,34)/t17-,18+,19+,23+,24?/m1/s1. The summed E-state index contributed by atoms with van der Waals surface area (Å²) in [6.07, 6.45) is 11.0. The number of carbonyl (C=O) groups excluding carboxylic acids is 1. The lowest BCUT2D eigenvalue weighted by Gasteiger charge is -2.34. The van der Waals surface area contributed by atoms with E-state index in [2.05, 4.69) is 43.7 Å². The highest BCUT2D eigenvalue weighted by atomic mass is 35.5. The molecule has 10 heteroatoms. The number of nitrogens with one attached hydrogen (secondary N) is 2. The Morgan fingerprint density at radius 3 is 2.76 bits per heavy atom. The molecular weight excluding hydrogens is 504 g/mol. The number of hydrogen-bond donors (Lipinski definition) is 3. The third-order valence-corrected chi connectivity index (χ3v) is 8.96. The van der Waals surface area contributed by atoms with Crippen molar-refractivity contribution >= 4 is 35.0 Å². The molecule has 1 aromatic heterocycles. The van der Waals surface area contributed by atoms with Crippen LogP contribution in [0.1, 0.15) is 30.4 Å². The van der Waals surface area contributed by atoms with Crippen LogP contribution in [-0.2, 0) is 22.4 Å². The van der Waals surface area contributed by atoms with Gasteiger partial charge in [0.15, 0.2) is 5.82 Å². The largest absolute Gasteiger partial charge is 0.494 e. The molecule has 6 rings (SSSR count). The van der Waals surface area contributed by atoms with E-state index in [1.807, 2.05) is 6.07 Å². The maximum Gasteiger partial charge on any atom is 0.229 e.